The molecule has 1 heterocycles. The number of hydrogen-bond acceptors (Lipinski definition) is 1. The minimum atomic E-state index is -4.46. The van der Waals surface area contributed by atoms with Gasteiger partial charge in [-0.25, -0.2) is 0 Å². The third-order valence-corrected chi connectivity index (χ3v) is 2.26. The van der Waals surface area contributed by atoms with Crippen LogP contribution in [0.1, 0.15) is 11.3 Å². The van der Waals surface area contributed by atoms with Gasteiger partial charge in [0.25, 0.3) is 0 Å². The fraction of sp³-hybridized carbons (Fsp3) is 0.200. The summed E-state index contributed by atoms with van der Waals surface area (Å²) in [6.45, 7) is -0.626. The second kappa shape index (κ2) is 3.27. The van der Waals surface area contributed by atoms with E-state index in [2.05, 4.69) is 4.98 Å². The van der Waals surface area contributed by atoms with Crippen LogP contribution in [0.3, 0.4) is 0 Å². The van der Waals surface area contributed by atoms with Crippen LogP contribution in [0.5, 0.6) is 0 Å². The van der Waals surface area contributed by atoms with Crippen molar-refractivity contribution in [1.29, 1.82) is 0 Å². The molecule has 1 aromatic carbocycles. The van der Waals surface area contributed by atoms with Gasteiger partial charge in [0.2, 0.25) is 0 Å². The number of nitrogens with one attached hydrogen (secondary N) is 1. The number of aromatic nitrogens is 1. The highest BCUT2D eigenvalue weighted by Crippen LogP contribution is 2.35. The van der Waals surface area contributed by atoms with Crippen molar-refractivity contribution in [3.05, 3.63) is 35.5 Å². The van der Waals surface area contributed by atoms with E-state index in [1.807, 2.05) is 0 Å². The molecule has 0 bridgehead atoms. The molecule has 0 radical (unpaired) electrons. The Morgan fingerprint density at radius 3 is 2.47 bits per heavy atom. The van der Waals surface area contributed by atoms with Crippen molar-refractivity contribution in [1.82, 2.24) is 4.98 Å². The first-order chi connectivity index (χ1) is 7.04. The Labute approximate surface area is 83.3 Å². The molecule has 0 saturated heterocycles. The lowest BCUT2D eigenvalue weighted by Crippen LogP contribution is -2.08. The van der Waals surface area contributed by atoms with E-state index in [0.29, 0.717) is 10.9 Å². The number of hydrogen-bond donors (Lipinski definition) is 2. The molecule has 0 saturated carbocycles. The Morgan fingerprint density at radius 1 is 1.20 bits per heavy atom. The van der Waals surface area contributed by atoms with Gasteiger partial charge in [-0.05, 0) is 6.07 Å². The summed E-state index contributed by atoms with van der Waals surface area (Å²) in [5, 5.41) is 9.36. The lowest BCUT2D eigenvalue weighted by Gasteiger charge is -2.05. The molecule has 0 aliphatic heterocycles. The number of aliphatic hydroxyl groups excluding tert-OH is 1. The van der Waals surface area contributed by atoms with E-state index in [-0.39, 0.29) is 5.56 Å². The first kappa shape index (κ1) is 10.0. The van der Waals surface area contributed by atoms with Crippen LogP contribution in [0.25, 0.3) is 10.9 Å². The maximum Gasteiger partial charge on any atom is 0.431 e. The van der Waals surface area contributed by atoms with Gasteiger partial charge < -0.3 is 10.1 Å². The molecule has 0 amide bonds. The molecule has 5 heteroatoms. The molecule has 0 aliphatic rings. The van der Waals surface area contributed by atoms with Crippen molar-refractivity contribution in [2.45, 2.75) is 12.8 Å². The van der Waals surface area contributed by atoms with Crippen molar-refractivity contribution < 1.29 is 18.3 Å². The number of benzene rings is 1. The van der Waals surface area contributed by atoms with Gasteiger partial charge in [0.15, 0.2) is 0 Å². The van der Waals surface area contributed by atoms with Gasteiger partial charge in [-0.1, -0.05) is 18.2 Å². The normalized spacial score (nSPS) is 12.3. The number of para-hydroxylation sites is 1. The number of rotatable bonds is 1. The van der Waals surface area contributed by atoms with E-state index < -0.39 is 18.5 Å². The van der Waals surface area contributed by atoms with Crippen LogP contribution in [0.2, 0.25) is 0 Å². The zero-order chi connectivity index (χ0) is 11.1. The summed E-state index contributed by atoms with van der Waals surface area (Å²) in [6.07, 6.45) is -4.46. The SMILES string of the molecule is OCc1c(C(F)(F)F)[nH]c2ccccc12. The molecule has 0 unspecified atom stereocenters. The topological polar surface area (TPSA) is 36.0 Å². The van der Waals surface area contributed by atoms with Gasteiger partial charge in [-0.2, -0.15) is 13.2 Å². The summed E-state index contributed by atoms with van der Waals surface area (Å²) in [6, 6.07) is 6.37. The molecular weight excluding hydrogens is 207 g/mol. The highest BCUT2D eigenvalue weighted by molar-refractivity contribution is 5.84. The van der Waals surface area contributed by atoms with Crippen LogP contribution in [-0.2, 0) is 12.8 Å². The summed E-state index contributed by atoms with van der Waals surface area (Å²) >= 11 is 0. The van der Waals surface area contributed by atoms with Crippen molar-refractivity contribution in [2.75, 3.05) is 0 Å². The lowest BCUT2D eigenvalue weighted by molar-refractivity contribution is -0.141. The molecule has 2 aromatic rings. The third-order valence-electron chi connectivity index (χ3n) is 2.26. The molecule has 0 fully saturated rings. The smallest absolute Gasteiger partial charge is 0.392 e. The number of halogens is 3. The van der Waals surface area contributed by atoms with Crippen molar-refractivity contribution >= 4 is 10.9 Å². The second-order valence-corrected chi connectivity index (χ2v) is 3.18. The fourth-order valence-electron chi connectivity index (χ4n) is 1.61. The van der Waals surface area contributed by atoms with Gasteiger partial charge in [-0.3, -0.25) is 0 Å². The zero-order valence-corrected chi connectivity index (χ0v) is 7.60. The monoisotopic (exact) mass is 215 g/mol. The quantitative estimate of drug-likeness (QED) is 0.753. The molecule has 0 aliphatic carbocycles. The first-order valence-electron chi connectivity index (χ1n) is 4.31. The molecule has 0 spiro atoms. The fourth-order valence-corrected chi connectivity index (χ4v) is 1.61. The van der Waals surface area contributed by atoms with Crippen molar-refractivity contribution in [2.24, 2.45) is 0 Å². The molecule has 2 rings (SSSR count). The molecule has 2 N–H and O–H groups in total. The van der Waals surface area contributed by atoms with E-state index in [9.17, 15) is 13.2 Å². The summed E-state index contributed by atoms with van der Waals surface area (Å²) < 4.78 is 37.6. The second-order valence-electron chi connectivity index (χ2n) is 3.18. The number of aromatic amines is 1. The van der Waals surface area contributed by atoms with E-state index in [1.54, 1.807) is 24.3 Å². The number of alkyl halides is 3. The Balaban J connectivity index is 2.75. The molecule has 15 heavy (non-hydrogen) atoms. The average Bonchev–Trinajstić information content (AvgIpc) is 2.55. The number of H-pyrrole nitrogens is 1. The summed E-state index contributed by atoms with van der Waals surface area (Å²) in [5.74, 6) is 0. The minimum absolute atomic E-state index is 0.0990. The maximum atomic E-state index is 12.5. The van der Waals surface area contributed by atoms with Gasteiger partial charge in [0.1, 0.15) is 5.69 Å². The van der Waals surface area contributed by atoms with E-state index in [4.69, 9.17) is 5.11 Å². The molecule has 2 nitrogen and oxygen atoms in total. The predicted octanol–water partition coefficient (Wildman–Crippen LogP) is 2.68. The number of fused-ring (bicyclic) bond motifs is 1. The van der Waals surface area contributed by atoms with Crippen molar-refractivity contribution in [3.63, 3.8) is 0 Å². The highest BCUT2D eigenvalue weighted by atomic mass is 19.4. The van der Waals surface area contributed by atoms with E-state index >= 15 is 0 Å². The summed E-state index contributed by atoms with van der Waals surface area (Å²) in [5.41, 5.74) is -0.585. The van der Waals surface area contributed by atoms with Gasteiger partial charge in [-0.15, -0.1) is 0 Å². The summed E-state index contributed by atoms with van der Waals surface area (Å²) in [4.78, 5) is 2.27. The number of aliphatic hydroxyl groups is 1. The Morgan fingerprint density at radius 2 is 1.87 bits per heavy atom. The molecule has 0 atom stereocenters. The minimum Gasteiger partial charge on any atom is -0.392 e. The standard InChI is InChI=1S/C10H8F3NO/c11-10(12,13)9-7(5-15)6-3-1-2-4-8(6)14-9/h1-4,14-15H,5H2. The molecule has 1 aromatic heterocycles. The third kappa shape index (κ3) is 1.59. The van der Waals surface area contributed by atoms with Crippen LogP contribution >= 0.6 is 0 Å². The van der Waals surface area contributed by atoms with Gasteiger partial charge in [0.05, 0.1) is 6.61 Å². The highest BCUT2D eigenvalue weighted by Gasteiger charge is 2.35. The van der Waals surface area contributed by atoms with Gasteiger partial charge >= 0.3 is 6.18 Å². The van der Waals surface area contributed by atoms with E-state index in [1.165, 1.54) is 0 Å². The zero-order valence-electron chi connectivity index (χ0n) is 7.60. The Bertz CT molecular complexity index is 487. The van der Waals surface area contributed by atoms with Crippen LogP contribution < -0.4 is 0 Å². The molecule has 80 valence electrons. The van der Waals surface area contributed by atoms with Crippen LogP contribution in [0, 0.1) is 0 Å². The van der Waals surface area contributed by atoms with E-state index in [0.717, 1.165) is 0 Å². The first-order valence-corrected chi connectivity index (χ1v) is 4.31. The largest absolute Gasteiger partial charge is 0.431 e. The Kier molecular flexibility index (Phi) is 2.19. The Hall–Kier alpha value is -1.49. The van der Waals surface area contributed by atoms with Crippen LogP contribution in [0.15, 0.2) is 24.3 Å². The van der Waals surface area contributed by atoms with Crippen molar-refractivity contribution in [3.8, 4) is 0 Å². The lowest BCUT2D eigenvalue weighted by atomic mass is 10.1. The maximum absolute atomic E-state index is 12.5. The van der Waals surface area contributed by atoms with Crippen LogP contribution in [0.4, 0.5) is 13.2 Å². The summed E-state index contributed by atoms with van der Waals surface area (Å²) in [7, 11) is 0. The van der Waals surface area contributed by atoms with Gasteiger partial charge in [0, 0.05) is 16.5 Å². The molecular formula is C10H8F3NO. The predicted molar refractivity (Wildman–Crippen MR) is 49.2 cm³/mol. The van der Waals surface area contributed by atoms with Crippen LogP contribution in [-0.4, -0.2) is 10.1 Å². The average molecular weight is 215 g/mol.